The van der Waals surface area contributed by atoms with E-state index in [1.807, 2.05) is 32.9 Å². The monoisotopic (exact) mass is 419 g/mol. The molecule has 1 amide bonds. The van der Waals surface area contributed by atoms with Gasteiger partial charge < -0.3 is 10.6 Å². The average Bonchev–Trinajstić information content (AvgIpc) is 2.82. The van der Waals surface area contributed by atoms with Gasteiger partial charge in [-0.05, 0) is 76.2 Å². The van der Waals surface area contributed by atoms with Crippen molar-refractivity contribution in [2.75, 3.05) is 13.1 Å². The molecule has 0 spiro atoms. The van der Waals surface area contributed by atoms with E-state index in [2.05, 4.69) is 28.6 Å². The Balaban J connectivity index is 1.71. The Bertz CT molecular complexity index is 795. The zero-order valence-corrected chi connectivity index (χ0v) is 18.8. The SMILES string of the molecule is CC(C)(C)NC(=O)c1ccc(CSC2=C3CCNCCC3(C)CC=C2Cl)nc1. The number of amides is 1. The van der Waals surface area contributed by atoms with Crippen molar-refractivity contribution in [1.29, 1.82) is 0 Å². The van der Waals surface area contributed by atoms with Gasteiger partial charge in [-0.1, -0.05) is 24.6 Å². The Morgan fingerprint density at radius 3 is 2.82 bits per heavy atom. The van der Waals surface area contributed by atoms with Crippen LogP contribution in [0.25, 0.3) is 0 Å². The molecule has 6 heteroatoms. The summed E-state index contributed by atoms with van der Waals surface area (Å²) in [6.45, 7) is 10.3. The van der Waals surface area contributed by atoms with Crippen molar-refractivity contribution in [1.82, 2.24) is 15.6 Å². The Kier molecular flexibility index (Phi) is 6.58. The van der Waals surface area contributed by atoms with Crippen LogP contribution in [0.15, 0.2) is 39.9 Å². The Morgan fingerprint density at radius 2 is 2.14 bits per heavy atom. The van der Waals surface area contributed by atoms with Gasteiger partial charge in [0, 0.05) is 22.4 Å². The highest BCUT2D eigenvalue weighted by Gasteiger charge is 2.35. The molecule has 0 aromatic carbocycles. The van der Waals surface area contributed by atoms with Crippen LogP contribution in [0.2, 0.25) is 0 Å². The average molecular weight is 420 g/mol. The van der Waals surface area contributed by atoms with Gasteiger partial charge in [-0.25, -0.2) is 0 Å². The van der Waals surface area contributed by atoms with E-state index in [4.69, 9.17) is 11.6 Å². The number of nitrogens with one attached hydrogen (secondary N) is 2. The van der Waals surface area contributed by atoms with Gasteiger partial charge in [0.15, 0.2) is 0 Å². The van der Waals surface area contributed by atoms with Crippen LogP contribution in [-0.2, 0) is 5.75 Å². The molecule has 0 bridgehead atoms. The number of carbonyl (C=O) groups excluding carboxylic acids is 1. The largest absolute Gasteiger partial charge is 0.347 e. The van der Waals surface area contributed by atoms with Crippen LogP contribution >= 0.6 is 23.4 Å². The number of aromatic nitrogens is 1. The van der Waals surface area contributed by atoms with E-state index in [1.54, 1.807) is 18.0 Å². The van der Waals surface area contributed by atoms with Gasteiger partial charge in [0.05, 0.1) is 16.3 Å². The molecule has 0 radical (unpaired) electrons. The van der Waals surface area contributed by atoms with Gasteiger partial charge in [0.25, 0.3) is 5.91 Å². The number of nitrogens with zero attached hydrogens (tertiary/aromatic N) is 1. The van der Waals surface area contributed by atoms with Crippen LogP contribution in [-0.4, -0.2) is 29.5 Å². The number of halogens is 1. The maximum absolute atomic E-state index is 12.3. The lowest BCUT2D eigenvalue weighted by molar-refractivity contribution is 0.0919. The lowest BCUT2D eigenvalue weighted by Crippen LogP contribution is -2.40. The number of hydrogen-bond acceptors (Lipinski definition) is 4. The topological polar surface area (TPSA) is 54.0 Å². The summed E-state index contributed by atoms with van der Waals surface area (Å²) < 4.78 is 0. The smallest absolute Gasteiger partial charge is 0.253 e. The Morgan fingerprint density at radius 1 is 1.36 bits per heavy atom. The predicted octanol–water partition coefficient (Wildman–Crippen LogP) is 5.01. The van der Waals surface area contributed by atoms with Gasteiger partial charge in [-0.2, -0.15) is 0 Å². The fraction of sp³-hybridized carbons (Fsp3) is 0.545. The summed E-state index contributed by atoms with van der Waals surface area (Å²) in [5, 5.41) is 7.35. The van der Waals surface area contributed by atoms with Crippen molar-refractivity contribution in [3.8, 4) is 0 Å². The molecule has 2 aliphatic rings. The molecular weight excluding hydrogens is 390 g/mol. The Hall–Kier alpha value is -1.30. The first kappa shape index (κ1) is 21.4. The van der Waals surface area contributed by atoms with Crippen molar-refractivity contribution >= 4 is 29.3 Å². The van der Waals surface area contributed by atoms with Crippen LogP contribution in [0.1, 0.15) is 63.0 Å². The minimum Gasteiger partial charge on any atom is -0.347 e. The van der Waals surface area contributed by atoms with E-state index < -0.39 is 0 Å². The van der Waals surface area contributed by atoms with Crippen LogP contribution in [0.5, 0.6) is 0 Å². The highest BCUT2D eigenvalue weighted by Crippen LogP contribution is 2.49. The van der Waals surface area contributed by atoms with Crippen molar-refractivity contribution in [3.05, 3.63) is 51.2 Å². The van der Waals surface area contributed by atoms with Gasteiger partial charge >= 0.3 is 0 Å². The number of rotatable bonds is 4. The van der Waals surface area contributed by atoms with Crippen LogP contribution < -0.4 is 10.6 Å². The lowest BCUT2D eigenvalue weighted by atomic mass is 9.73. The molecular formula is C22H30ClN3OS. The highest BCUT2D eigenvalue weighted by molar-refractivity contribution is 8.02. The summed E-state index contributed by atoms with van der Waals surface area (Å²) >= 11 is 8.37. The van der Waals surface area contributed by atoms with E-state index in [1.165, 1.54) is 10.5 Å². The molecule has 3 rings (SSSR count). The highest BCUT2D eigenvalue weighted by atomic mass is 35.5. The quantitative estimate of drug-likeness (QED) is 0.719. The van der Waals surface area contributed by atoms with E-state index in [-0.39, 0.29) is 16.9 Å². The summed E-state index contributed by atoms with van der Waals surface area (Å²) in [6, 6.07) is 3.78. The molecule has 1 aromatic rings. The summed E-state index contributed by atoms with van der Waals surface area (Å²) in [7, 11) is 0. The molecule has 1 atom stereocenters. The zero-order chi connectivity index (χ0) is 20.4. The maximum Gasteiger partial charge on any atom is 0.253 e. The lowest BCUT2D eigenvalue weighted by Gasteiger charge is -2.35. The van der Waals surface area contributed by atoms with Gasteiger partial charge in [0.1, 0.15) is 0 Å². The molecule has 152 valence electrons. The number of allylic oxidation sites excluding steroid dienone is 2. The summed E-state index contributed by atoms with van der Waals surface area (Å²) in [5.41, 5.74) is 2.96. The normalized spacial score (nSPS) is 23.0. The van der Waals surface area contributed by atoms with Crippen molar-refractivity contribution in [3.63, 3.8) is 0 Å². The molecule has 1 saturated heterocycles. The maximum atomic E-state index is 12.3. The zero-order valence-electron chi connectivity index (χ0n) is 17.2. The summed E-state index contributed by atoms with van der Waals surface area (Å²) in [6.07, 6.45) is 7.03. The number of hydrogen-bond donors (Lipinski definition) is 2. The van der Waals surface area contributed by atoms with Gasteiger partial charge in [0.2, 0.25) is 0 Å². The molecule has 2 N–H and O–H groups in total. The molecule has 1 unspecified atom stereocenters. The van der Waals surface area contributed by atoms with E-state index in [9.17, 15) is 4.79 Å². The van der Waals surface area contributed by atoms with Crippen molar-refractivity contribution < 1.29 is 4.79 Å². The van der Waals surface area contributed by atoms with Crippen molar-refractivity contribution in [2.24, 2.45) is 5.41 Å². The fourth-order valence-electron chi connectivity index (χ4n) is 3.68. The molecule has 0 saturated carbocycles. The van der Waals surface area contributed by atoms with Gasteiger partial charge in [-0.3, -0.25) is 9.78 Å². The van der Waals surface area contributed by atoms with E-state index in [0.717, 1.165) is 48.8 Å². The fourth-order valence-corrected chi connectivity index (χ4v) is 5.24. The number of carbonyl (C=O) groups is 1. The minimum absolute atomic E-state index is 0.0934. The van der Waals surface area contributed by atoms with Crippen LogP contribution in [0, 0.1) is 5.41 Å². The molecule has 4 nitrogen and oxygen atoms in total. The number of pyridine rings is 1. The predicted molar refractivity (Wildman–Crippen MR) is 119 cm³/mol. The van der Waals surface area contributed by atoms with Gasteiger partial charge in [-0.15, -0.1) is 11.8 Å². The first-order chi connectivity index (χ1) is 13.2. The molecule has 2 heterocycles. The summed E-state index contributed by atoms with van der Waals surface area (Å²) in [5.74, 6) is 0.650. The molecule has 1 aromatic heterocycles. The molecule has 28 heavy (non-hydrogen) atoms. The second-order valence-corrected chi connectivity index (χ2v) is 10.3. The third kappa shape index (κ3) is 5.19. The Labute approximate surface area is 177 Å². The minimum atomic E-state index is -0.260. The van der Waals surface area contributed by atoms with E-state index >= 15 is 0 Å². The second kappa shape index (κ2) is 8.60. The third-order valence-corrected chi connectivity index (χ3v) is 6.95. The molecule has 1 aliphatic heterocycles. The van der Waals surface area contributed by atoms with Crippen LogP contribution in [0.3, 0.4) is 0 Å². The van der Waals surface area contributed by atoms with Crippen LogP contribution in [0.4, 0.5) is 0 Å². The molecule has 1 fully saturated rings. The second-order valence-electron chi connectivity index (χ2n) is 8.91. The first-order valence-electron chi connectivity index (χ1n) is 9.89. The number of thioether (sulfide) groups is 1. The standard InChI is InChI=1S/C22H30ClN3OS/c1-21(2,3)26-20(27)15-5-6-16(25-13-15)14-28-19-17-8-11-24-12-10-22(17,4)9-7-18(19)23/h5-7,13,24H,8-12,14H2,1-4H3,(H,26,27). The summed E-state index contributed by atoms with van der Waals surface area (Å²) in [4.78, 5) is 18.0. The number of fused-ring (bicyclic) bond motifs is 1. The third-order valence-electron chi connectivity index (χ3n) is 5.30. The van der Waals surface area contributed by atoms with Crippen molar-refractivity contribution in [2.45, 2.75) is 58.2 Å². The van der Waals surface area contributed by atoms with E-state index in [0.29, 0.717) is 5.56 Å². The molecule has 1 aliphatic carbocycles. The first-order valence-corrected chi connectivity index (χ1v) is 11.2.